The SMILES string of the molecule is CC(C)c1ccccc1[Si](C)(C)Cl. The summed E-state index contributed by atoms with van der Waals surface area (Å²) in [6, 6.07) is 8.54. The number of hydrogen-bond acceptors (Lipinski definition) is 0. The molecule has 0 unspecified atom stereocenters. The van der Waals surface area contributed by atoms with Crippen molar-refractivity contribution in [3.05, 3.63) is 29.8 Å². The van der Waals surface area contributed by atoms with Crippen LogP contribution in [0.4, 0.5) is 0 Å². The van der Waals surface area contributed by atoms with Crippen LogP contribution in [0, 0.1) is 0 Å². The molecule has 2 heteroatoms. The van der Waals surface area contributed by atoms with Gasteiger partial charge >= 0.3 is 0 Å². The molecule has 0 aromatic heterocycles. The molecule has 13 heavy (non-hydrogen) atoms. The Morgan fingerprint density at radius 2 is 1.69 bits per heavy atom. The monoisotopic (exact) mass is 212 g/mol. The maximum absolute atomic E-state index is 6.45. The van der Waals surface area contributed by atoms with Gasteiger partial charge in [-0.3, -0.25) is 0 Å². The highest BCUT2D eigenvalue weighted by atomic mass is 35.6. The van der Waals surface area contributed by atoms with Gasteiger partial charge in [0.25, 0.3) is 0 Å². The summed E-state index contributed by atoms with van der Waals surface area (Å²) in [5.41, 5.74) is 1.41. The van der Waals surface area contributed by atoms with E-state index in [9.17, 15) is 0 Å². The average molecular weight is 213 g/mol. The Bertz CT molecular complexity index is 286. The van der Waals surface area contributed by atoms with E-state index in [1.54, 1.807) is 0 Å². The lowest BCUT2D eigenvalue weighted by molar-refractivity contribution is 0.872. The molecule has 0 heterocycles. The Balaban J connectivity index is 3.20. The van der Waals surface area contributed by atoms with Crippen molar-refractivity contribution in [1.29, 1.82) is 0 Å². The van der Waals surface area contributed by atoms with Gasteiger partial charge in [-0.15, -0.1) is 0 Å². The molecule has 1 aromatic carbocycles. The molecule has 0 saturated carbocycles. The molecule has 0 saturated heterocycles. The summed E-state index contributed by atoms with van der Waals surface area (Å²) in [7, 11) is -1.67. The van der Waals surface area contributed by atoms with Crippen molar-refractivity contribution >= 4 is 23.6 Å². The fraction of sp³-hybridized carbons (Fsp3) is 0.455. The second kappa shape index (κ2) is 3.85. The molecule has 0 amide bonds. The van der Waals surface area contributed by atoms with Crippen LogP contribution in [0.1, 0.15) is 25.3 Å². The lowest BCUT2D eigenvalue weighted by Gasteiger charge is -2.20. The molecule has 0 N–H and O–H groups in total. The molecule has 0 aliphatic rings. The van der Waals surface area contributed by atoms with Crippen LogP contribution in [0.3, 0.4) is 0 Å². The third-order valence-corrected chi connectivity index (χ3v) is 4.57. The van der Waals surface area contributed by atoms with Crippen LogP contribution >= 0.6 is 11.1 Å². The minimum Gasteiger partial charge on any atom is -0.162 e. The van der Waals surface area contributed by atoms with Crippen LogP contribution in [0.25, 0.3) is 0 Å². The van der Waals surface area contributed by atoms with Crippen molar-refractivity contribution < 1.29 is 0 Å². The minimum absolute atomic E-state index is 0.571. The van der Waals surface area contributed by atoms with E-state index in [1.807, 2.05) is 0 Å². The summed E-state index contributed by atoms with van der Waals surface area (Å²) in [4.78, 5) is 0. The highest BCUT2D eigenvalue weighted by molar-refractivity contribution is 7.26. The normalized spacial score (nSPS) is 12.2. The molecule has 0 aliphatic carbocycles. The van der Waals surface area contributed by atoms with Gasteiger partial charge in [0.1, 0.15) is 0 Å². The van der Waals surface area contributed by atoms with Crippen LogP contribution in [0.15, 0.2) is 24.3 Å². The van der Waals surface area contributed by atoms with Crippen molar-refractivity contribution in [3.63, 3.8) is 0 Å². The highest BCUT2D eigenvalue weighted by Gasteiger charge is 2.23. The zero-order valence-corrected chi connectivity index (χ0v) is 10.5. The smallest absolute Gasteiger partial charge is 0.162 e. The standard InChI is InChI=1S/C11H17ClSi/c1-9(2)10-7-5-6-8-11(10)13(3,4)12/h5-9H,1-4H3. The van der Waals surface area contributed by atoms with E-state index in [0.717, 1.165) is 0 Å². The first kappa shape index (κ1) is 10.8. The first-order chi connectivity index (χ1) is 5.93. The van der Waals surface area contributed by atoms with Gasteiger partial charge in [0.2, 0.25) is 0 Å². The average Bonchev–Trinajstić information content (AvgIpc) is 2.03. The van der Waals surface area contributed by atoms with E-state index < -0.39 is 7.38 Å². The summed E-state index contributed by atoms with van der Waals surface area (Å²) in [6.45, 7) is 8.79. The summed E-state index contributed by atoms with van der Waals surface area (Å²) in [5, 5.41) is 1.38. The Labute approximate surface area is 86.6 Å². The third-order valence-electron chi connectivity index (χ3n) is 2.22. The zero-order valence-electron chi connectivity index (χ0n) is 8.76. The van der Waals surface area contributed by atoms with Crippen LogP contribution in [0.5, 0.6) is 0 Å². The first-order valence-electron chi connectivity index (χ1n) is 4.71. The third kappa shape index (κ3) is 2.58. The molecule has 0 fully saturated rings. The minimum atomic E-state index is -1.67. The molecule has 0 nitrogen and oxygen atoms in total. The van der Waals surface area contributed by atoms with Gasteiger partial charge in [0.05, 0.1) is 0 Å². The summed E-state index contributed by atoms with van der Waals surface area (Å²) in [6.07, 6.45) is 0. The number of rotatable bonds is 2. The van der Waals surface area contributed by atoms with E-state index in [4.69, 9.17) is 11.1 Å². The van der Waals surface area contributed by atoms with Gasteiger partial charge in [-0.25, -0.2) is 0 Å². The Morgan fingerprint density at radius 1 is 1.15 bits per heavy atom. The predicted octanol–water partition coefficient (Wildman–Crippen LogP) is 3.46. The summed E-state index contributed by atoms with van der Waals surface area (Å²) < 4.78 is 0. The number of hydrogen-bond donors (Lipinski definition) is 0. The zero-order chi connectivity index (χ0) is 10.1. The Morgan fingerprint density at radius 3 is 2.08 bits per heavy atom. The van der Waals surface area contributed by atoms with Crippen molar-refractivity contribution in [2.24, 2.45) is 0 Å². The Hall–Kier alpha value is -0.273. The number of benzene rings is 1. The Kier molecular flexibility index (Phi) is 3.20. The predicted molar refractivity (Wildman–Crippen MR) is 63.5 cm³/mol. The summed E-state index contributed by atoms with van der Waals surface area (Å²) in [5.74, 6) is 0.571. The topological polar surface area (TPSA) is 0 Å². The van der Waals surface area contributed by atoms with Crippen LogP contribution in [0.2, 0.25) is 13.1 Å². The highest BCUT2D eigenvalue weighted by Crippen LogP contribution is 2.17. The van der Waals surface area contributed by atoms with Crippen molar-refractivity contribution in [3.8, 4) is 0 Å². The maximum Gasteiger partial charge on any atom is 0.181 e. The molecule has 1 rings (SSSR count). The fourth-order valence-corrected chi connectivity index (χ4v) is 3.61. The van der Waals surface area contributed by atoms with Gasteiger partial charge in [0.15, 0.2) is 7.38 Å². The van der Waals surface area contributed by atoms with Crippen molar-refractivity contribution in [2.45, 2.75) is 32.9 Å². The van der Waals surface area contributed by atoms with E-state index >= 15 is 0 Å². The second-order valence-corrected chi connectivity index (χ2v) is 10.5. The molecule has 0 radical (unpaired) electrons. The van der Waals surface area contributed by atoms with Gasteiger partial charge < -0.3 is 0 Å². The second-order valence-electron chi connectivity index (χ2n) is 4.21. The van der Waals surface area contributed by atoms with Gasteiger partial charge in [-0.05, 0) is 16.7 Å². The van der Waals surface area contributed by atoms with E-state index in [2.05, 4.69) is 51.2 Å². The van der Waals surface area contributed by atoms with Crippen LogP contribution in [-0.4, -0.2) is 7.38 Å². The molecule has 0 spiro atoms. The molecule has 1 aromatic rings. The lowest BCUT2D eigenvalue weighted by atomic mass is 10.0. The molecule has 72 valence electrons. The first-order valence-corrected chi connectivity index (χ1v) is 8.72. The van der Waals surface area contributed by atoms with Gasteiger partial charge in [0, 0.05) is 0 Å². The largest absolute Gasteiger partial charge is 0.181 e. The van der Waals surface area contributed by atoms with Crippen molar-refractivity contribution in [1.82, 2.24) is 0 Å². The van der Waals surface area contributed by atoms with E-state index in [1.165, 1.54) is 10.8 Å². The quantitative estimate of drug-likeness (QED) is 0.521. The fourth-order valence-electron chi connectivity index (χ4n) is 1.54. The maximum atomic E-state index is 6.45. The van der Waals surface area contributed by atoms with Gasteiger partial charge in [-0.2, -0.15) is 11.1 Å². The van der Waals surface area contributed by atoms with Crippen LogP contribution in [-0.2, 0) is 0 Å². The number of halogens is 1. The molecular formula is C11H17ClSi. The van der Waals surface area contributed by atoms with E-state index in [-0.39, 0.29) is 0 Å². The van der Waals surface area contributed by atoms with E-state index in [0.29, 0.717) is 5.92 Å². The molecule has 0 atom stereocenters. The van der Waals surface area contributed by atoms with Crippen LogP contribution < -0.4 is 5.19 Å². The van der Waals surface area contributed by atoms with Gasteiger partial charge in [-0.1, -0.05) is 51.2 Å². The lowest BCUT2D eigenvalue weighted by Crippen LogP contribution is -2.38. The van der Waals surface area contributed by atoms with Crippen molar-refractivity contribution in [2.75, 3.05) is 0 Å². The summed E-state index contributed by atoms with van der Waals surface area (Å²) >= 11 is 6.45. The molecular weight excluding hydrogens is 196 g/mol. The molecule has 0 aliphatic heterocycles. The molecule has 0 bridgehead atoms.